The minimum absolute atomic E-state index is 0.626. The van der Waals surface area contributed by atoms with Gasteiger partial charge in [0.05, 0.1) is 6.61 Å². The molecule has 1 aliphatic rings. The van der Waals surface area contributed by atoms with Crippen molar-refractivity contribution in [2.45, 2.75) is 40.0 Å². The Hall–Kier alpha value is -0.980. The largest absolute Gasteiger partial charge is 0.493 e. The van der Waals surface area contributed by atoms with E-state index < -0.39 is 0 Å². The van der Waals surface area contributed by atoms with Crippen molar-refractivity contribution in [3.63, 3.8) is 0 Å². The molecule has 0 N–H and O–H groups in total. The Morgan fingerprint density at radius 3 is 2.71 bits per heavy atom. The van der Waals surface area contributed by atoms with Gasteiger partial charge in [-0.05, 0) is 25.0 Å². The summed E-state index contributed by atoms with van der Waals surface area (Å²) in [5.41, 5.74) is 2.67. The Balaban J connectivity index is 0.000000461. The van der Waals surface area contributed by atoms with E-state index in [0.717, 1.165) is 12.4 Å². The van der Waals surface area contributed by atoms with Gasteiger partial charge in [-0.25, -0.2) is 0 Å². The summed E-state index contributed by atoms with van der Waals surface area (Å²) < 4.78 is 5.58. The van der Waals surface area contributed by atoms with Gasteiger partial charge in [-0.3, -0.25) is 0 Å². The molecule has 14 heavy (non-hydrogen) atoms. The van der Waals surface area contributed by atoms with Crippen LogP contribution < -0.4 is 4.74 Å². The predicted octanol–water partition coefficient (Wildman–Crippen LogP) is 3.91. The number of hydrogen-bond acceptors (Lipinski definition) is 1. The molecule has 0 amide bonds. The first kappa shape index (κ1) is 11.1. The molecule has 0 bridgehead atoms. The molecule has 0 aromatic heterocycles. The summed E-state index contributed by atoms with van der Waals surface area (Å²) in [6.07, 6.45) is 1.18. The Morgan fingerprint density at radius 2 is 2.07 bits per heavy atom. The lowest BCUT2D eigenvalue weighted by molar-refractivity contribution is 0.328. The molecule has 1 unspecified atom stereocenters. The SMILES string of the molecule is CC.CCC1COc2cc(C)ccc21. The van der Waals surface area contributed by atoms with Gasteiger partial charge >= 0.3 is 0 Å². The van der Waals surface area contributed by atoms with Crippen LogP contribution in [0.25, 0.3) is 0 Å². The zero-order valence-electron chi connectivity index (χ0n) is 9.63. The third kappa shape index (κ3) is 2.09. The van der Waals surface area contributed by atoms with Gasteiger partial charge in [0.1, 0.15) is 5.75 Å². The summed E-state index contributed by atoms with van der Waals surface area (Å²) in [7, 11) is 0. The van der Waals surface area contributed by atoms with E-state index in [-0.39, 0.29) is 0 Å². The van der Waals surface area contributed by atoms with Gasteiger partial charge in [0.2, 0.25) is 0 Å². The summed E-state index contributed by atoms with van der Waals surface area (Å²) in [5.74, 6) is 1.72. The molecule has 1 aromatic carbocycles. The number of hydrogen-bond donors (Lipinski definition) is 0. The molecule has 1 heteroatoms. The molecule has 1 atom stereocenters. The molecule has 0 fully saturated rings. The lowest BCUT2D eigenvalue weighted by Crippen LogP contribution is -1.97. The standard InChI is InChI=1S/C11H14O.C2H6/c1-3-9-7-12-11-6-8(2)4-5-10(9)11;1-2/h4-6,9H,3,7H2,1-2H3;1-2H3. The quantitative estimate of drug-likeness (QED) is 0.655. The topological polar surface area (TPSA) is 9.23 Å². The summed E-state index contributed by atoms with van der Waals surface area (Å²) in [4.78, 5) is 0. The summed E-state index contributed by atoms with van der Waals surface area (Å²) in [5, 5.41) is 0. The molecule has 1 nitrogen and oxygen atoms in total. The second kappa shape index (κ2) is 5.04. The number of benzene rings is 1. The number of ether oxygens (including phenoxy) is 1. The molecule has 0 saturated heterocycles. The monoisotopic (exact) mass is 192 g/mol. The minimum atomic E-state index is 0.626. The van der Waals surface area contributed by atoms with Crippen molar-refractivity contribution >= 4 is 0 Å². The summed E-state index contributed by atoms with van der Waals surface area (Å²) >= 11 is 0. The third-order valence-corrected chi connectivity index (χ3v) is 2.54. The molecule has 78 valence electrons. The van der Waals surface area contributed by atoms with Crippen LogP contribution in [0.2, 0.25) is 0 Å². The smallest absolute Gasteiger partial charge is 0.123 e. The fourth-order valence-corrected chi connectivity index (χ4v) is 1.72. The average Bonchev–Trinajstić information content (AvgIpc) is 2.62. The predicted molar refractivity (Wildman–Crippen MR) is 61.1 cm³/mol. The maximum absolute atomic E-state index is 5.58. The first-order valence-electron chi connectivity index (χ1n) is 5.54. The van der Waals surface area contributed by atoms with Crippen LogP contribution in [0.15, 0.2) is 18.2 Å². The fraction of sp³-hybridized carbons (Fsp3) is 0.538. The first-order valence-corrected chi connectivity index (χ1v) is 5.54. The molecule has 1 aromatic rings. The lowest BCUT2D eigenvalue weighted by atomic mass is 9.98. The van der Waals surface area contributed by atoms with Crippen molar-refractivity contribution in [3.8, 4) is 5.75 Å². The van der Waals surface area contributed by atoms with Crippen molar-refractivity contribution in [1.29, 1.82) is 0 Å². The van der Waals surface area contributed by atoms with Gasteiger partial charge in [0, 0.05) is 11.5 Å². The Kier molecular flexibility index (Phi) is 3.99. The number of rotatable bonds is 1. The van der Waals surface area contributed by atoms with E-state index in [1.54, 1.807) is 0 Å². The molecule has 2 rings (SSSR count). The van der Waals surface area contributed by atoms with E-state index in [0.29, 0.717) is 5.92 Å². The lowest BCUT2D eigenvalue weighted by Gasteiger charge is -2.03. The maximum Gasteiger partial charge on any atom is 0.123 e. The Labute approximate surface area is 87.1 Å². The minimum Gasteiger partial charge on any atom is -0.493 e. The van der Waals surface area contributed by atoms with Crippen molar-refractivity contribution in [3.05, 3.63) is 29.3 Å². The molecule has 1 aliphatic heterocycles. The van der Waals surface area contributed by atoms with Gasteiger partial charge in [0.25, 0.3) is 0 Å². The van der Waals surface area contributed by atoms with Crippen molar-refractivity contribution in [2.75, 3.05) is 6.61 Å². The molecular weight excluding hydrogens is 172 g/mol. The van der Waals surface area contributed by atoms with Crippen LogP contribution in [-0.4, -0.2) is 6.61 Å². The molecular formula is C13H20O. The third-order valence-electron chi connectivity index (χ3n) is 2.54. The van der Waals surface area contributed by atoms with Crippen LogP contribution >= 0.6 is 0 Å². The highest BCUT2D eigenvalue weighted by molar-refractivity contribution is 5.42. The molecule has 0 spiro atoms. The van der Waals surface area contributed by atoms with Gasteiger partial charge in [-0.2, -0.15) is 0 Å². The molecule has 0 saturated carbocycles. The first-order chi connectivity index (χ1) is 6.81. The van der Waals surface area contributed by atoms with Crippen LogP contribution in [0.4, 0.5) is 0 Å². The van der Waals surface area contributed by atoms with E-state index in [1.807, 2.05) is 13.8 Å². The van der Waals surface area contributed by atoms with E-state index in [1.165, 1.54) is 17.5 Å². The van der Waals surface area contributed by atoms with E-state index in [2.05, 4.69) is 32.0 Å². The number of fused-ring (bicyclic) bond motifs is 1. The second-order valence-corrected chi connectivity index (χ2v) is 3.46. The van der Waals surface area contributed by atoms with Gasteiger partial charge < -0.3 is 4.74 Å². The van der Waals surface area contributed by atoms with Crippen LogP contribution in [0.3, 0.4) is 0 Å². The maximum atomic E-state index is 5.58. The van der Waals surface area contributed by atoms with Crippen LogP contribution in [0, 0.1) is 6.92 Å². The van der Waals surface area contributed by atoms with Crippen LogP contribution in [-0.2, 0) is 0 Å². The Morgan fingerprint density at radius 1 is 1.36 bits per heavy atom. The Bertz CT molecular complexity index is 291. The van der Waals surface area contributed by atoms with Crippen LogP contribution in [0.5, 0.6) is 5.75 Å². The van der Waals surface area contributed by atoms with Gasteiger partial charge in [-0.15, -0.1) is 0 Å². The van der Waals surface area contributed by atoms with Crippen molar-refractivity contribution in [1.82, 2.24) is 0 Å². The molecule has 1 heterocycles. The van der Waals surface area contributed by atoms with Gasteiger partial charge in [0.15, 0.2) is 0 Å². The van der Waals surface area contributed by atoms with Crippen molar-refractivity contribution in [2.24, 2.45) is 0 Å². The van der Waals surface area contributed by atoms with E-state index in [4.69, 9.17) is 4.74 Å². The summed E-state index contributed by atoms with van der Waals surface area (Å²) in [6.45, 7) is 9.18. The molecule has 0 radical (unpaired) electrons. The zero-order valence-corrected chi connectivity index (χ0v) is 9.63. The average molecular weight is 192 g/mol. The zero-order chi connectivity index (χ0) is 10.6. The summed E-state index contributed by atoms with van der Waals surface area (Å²) in [6, 6.07) is 6.49. The normalized spacial score (nSPS) is 17.9. The number of aryl methyl sites for hydroxylation is 1. The van der Waals surface area contributed by atoms with Crippen molar-refractivity contribution < 1.29 is 4.74 Å². The van der Waals surface area contributed by atoms with E-state index in [9.17, 15) is 0 Å². The van der Waals surface area contributed by atoms with Crippen LogP contribution in [0.1, 0.15) is 44.2 Å². The highest BCUT2D eigenvalue weighted by Gasteiger charge is 2.21. The molecule has 0 aliphatic carbocycles. The fourth-order valence-electron chi connectivity index (χ4n) is 1.72. The highest BCUT2D eigenvalue weighted by Crippen LogP contribution is 2.35. The second-order valence-electron chi connectivity index (χ2n) is 3.46. The van der Waals surface area contributed by atoms with Gasteiger partial charge in [-0.1, -0.05) is 32.9 Å². The highest BCUT2D eigenvalue weighted by atomic mass is 16.5. The van der Waals surface area contributed by atoms with E-state index >= 15 is 0 Å².